The summed E-state index contributed by atoms with van der Waals surface area (Å²) in [5.74, 6) is 0.199. The van der Waals surface area contributed by atoms with Crippen LogP contribution in [0.15, 0.2) is 23.7 Å². The van der Waals surface area contributed by atoms with Crippen LogP contribution in [0.25, 0.3) is 0 Å². The van der Waals surface area contributed by atoms with Gasteiger partial charge in [0.1, 0.15) is 5.69 Å². The van der Waals surface area contributed by atoms with Crippen LogP contribution in [-0.2, 0) is 13.5 Å². The molecule has 0 saturated carbocycles. The number of aromatic nitrogens is 2. The van der Waals surface area contributed by atoms with Crippen molar-refractivity contribution in [3.63, 3.8) is 0 Å². The predicted molar refractivity (Wildman–Crippen MR) is 67.5 cm³/mol. The zero-order valence-electron chi connectivity index (χ0n) is 9.72. The Kier molecular flexibility index (Phi) is 2.59. The number of carbonyl (C=O) groups excluding carboxylic acids is 1. The molecule has 88 valence electrons. The van der Waals surface area contributed by atoms with Crippen molar-refractivity contribution in [2.45, 2.75) is 25.2 Å². The molecule has 1 aliphatic carbocycles. The second-order valence-corrected chi connectivity index (χ2v) is 5.48. The highest BCUT2D eigenvalue weighted by Crippen LogP contribution is 2.36. The lowest BCUT2D eigenvalue weighted by Gasteiger charge is -2.20. The molecule has 2 aromatic heterocycles. The average molecular weight is 246 g/mol. The first-order valence-electron chi connectivity index (χ1n) is 5.86. The van der Waals surface area contributed by atoms with Gasteiger partial charge in [0.15, 0.2) is 5.78 Å². The van der Waals surface area contributed by atoms with Gasteiger partial charge in [-0.25, -0.2) is 0 Å². The number of hydrogen-bond donors (Lipinski definition) is 0. The number of carbonyl (C=O) groups is 1. The largest absolute Gasteiger partial charge is 0.292 e. The molecule has 3 rings (SSSR count). The van der Waals surface area contributed by atoms with Crippen molar-refractivity contribution in [3.8, 4) is 0 Å². The summed E-state index contributed by atoms with van der Waals surface area (Å²) < 4.78 is 1.69. The lowest BCUT2D eigenvalue weighted by Crippen LogP contribution is -2.18. The zero-order valence-corrected chi connectivity index (χ0v) is 10.5. The second-order valence-electron chi connectivity index (χ2n) is 4.48. The van der Waals surface area contributed by atoms with Crippen LogP contribution in [0.5, 0.6) is 0 Å². The second kappa shape index (κ2) is 4.11. The summed E-state index contributed by atoms with van der Waals surface area (Å²) in [5, 5.41) is 6.31. The van der Waals surface area contributed by atoms with Gasteiger partial charge in [0.2, 0.25) is 0 Å². The van der Waals surface area contributed by atoms with Gasteiger partial charge >= 0.3 is 0 Å². The average Bonchev–Trinajstić information content (AvgIpc) is 2.95. The van der Waals surface area contributed by atoms with Gasteiger partial charge < -0.3 is 0 Å². The van der Waals surface area contributed by atoms with E-state index in [-0.39, 0.29) is 11.7 Å². The highest BCUT2D eigenvalue weighted by atomic mass is 32.1. The van der Waals surface area contributed by atoms with Crippen molar-refractivity contribution in [2.75, 3.05) is 0 Å². The van der Waals surface area contributed by atoms with Crippen LogP contribution in [0.4, 0.5) is 0 Å². The minimum atomic E-state index is 0.0277. The molecule has 0 bridgehead atoms. The molecule has 17 heavy (non-hydrogen) atoms. The number of Topliss-reactive ketones (excluding diaryl/α,β-unsaturated/α-hetero) is 1. The molecule has 0 aliphatic heterocycles. The summed E-state index contributed by atoms with van der Waals surface area (Å²) in [5.41, 5.74) is 1.83. The molecular formula is C13H14N2OS. The highest BCUT2D eigenvalue weighted by molar-refractivity contribution is 7.10. The molecule has 0 aromatic carbocycles. The molecule has 0 radical (unpaired) electrons. The van der Waals surface area contributed by atoms with Gasteiger partial charge in [-0.3, -0.25) is 9.48 Å². The van der Waals surface area contributed by atoms with Gasteiger partial charge in [-0.15, -0.1) is 11.3 Å². The lowest BCUT2D eigenvalue weighted by molar-refractivity contribution is 0.0945. The third kappa shape index (κ3) is 1.82. The summed E-state index contributed by atoms with van der Waals surface area (Å²) >= 11 is 1.77. The molecule has 0 spiro atoms. The smallest absolute Gasteiger partial charge is 0.190 e. The Labute approximate surface area is 104 Å². The first-order valence-corrected chi connectivity index (χ1v) is 6.74. The van der Waals surface area contributed by atoms with Gasteiger partial charge in [0, 0.05) is 18.1 Å². The van der Waals surface area contributed by atoms with E-state index in [0.29, 0.717) is 5.69 Å². The summed E-state index contributed by atoms with van der Waals surface area (Å²) in [6, 6.07) is 3.91. The summed E-state index contributed by atoms with van der Waals surface area (Å²) in [6.45, 7) is 0. The fourth-order valence-electron chi connectivity index (χ4n) is 2.48. The van der Waals surface area contributed by atoms with E-state index < -0.39 is 0 Å². The number of aryl methyl sites for hydroxylation is 2. The quantitative estimate of drug-likeness (QED) is 0.764. The topological polar surface area (TPSA) is 34.9 Å². The monoisotopic (exact) mass is 246 g/mol. The minimum absolute atomic E-state index is 0.0277. The summed E-state index contributed by atoms with van der Waals surface area (Å²) in [6.07, 6.45) is 5.01. The third-order valence-corrected chi connectivity index (χ3v) is 4.33. The molecule has 2 aromatic rings. The highest BCUT2D eigenvalue weighted by Gasteiger charge is 2.29. The van der Waals surface area contributed by atoms with Crippen LogP contribution in [0, 0.1) is 0 Å². The predicted octanol–water partition coefficient (Wildman–Crippen LogP) is 2.78. The normalized spacial score (nSPS) is 19.0. The van der Waals surface area contributed by atoms with E-state index in [1.165, 1.54) is 10.4 Å². The Hall–Kier alpha value is -1.42. The maximum Gasteiger partial charge on any atom is 0.190 e. The van der Waals surface area contributed by atoms with E-state index in [1.807, 2.05) is 19.3 Å². The Balaban J connectivity index is 1.94. The first kappa shape index (κ1) is 10.7. The number of hydrogen-bond acceptors (Lipinski definition) is 3. The fraction of sp³-hybridized carbons (Fsp3) is 0.385. The Bertz CT molecular complexity index is 555. The van der Waals surface area contributed by atoms with Crippen LogP contribution in [0.2, 0.25) is 0 Å². The lowest BCUT2D eigenvalue weighted by atomic mass is 9.84. The molecule has 1 atom stereocenters. The summed E-state index contributed by atoms with van der Waals surface area (Å²) in [4.78, 5) is 13.8. The van der Waals surface area contributed by atoms with Crippen molar-refractivity contribution in [1.82, 2.24) is 9.78 Å². The molecule has 4 heteroatoms. The maximum absolute atomic E-state index is 12.4. The van der Waals surface area contributed by atoms with Crippen molar-refractivity contribution in [2.24, 2.45) is 7.05 Å². The number of fused-ring (bicyclic) bond motifs is 1. The minimum Gasteiger partial charge on any atom is -0.292 e. The van der Waals surface area contributed by atoms with Crippen molar-refractivity contribution < 1.29 is 4.79 Å². The van der Waals surface area contributed by atoms with Crippen LogP contribution in [-0.4, -0.2) is 15.6 Å². The molecule has 0 N–H and O–H groups in total. The zero-order chi connectivity index (χ0) is 11.8. The van der Waals surface area contributed by atoms with Crippen LogP contribution < -0.4 is 0 Å². The number of ketones is 1. The van der Waals surface area contributed by atoms with Gasteiger partial charge in [0.05, 0.1) is 5.92 Å². The molecular weight excluding hydrogens is 232 g/mol. The van der Waals surface area contributed by atoms with E-state index in [9.17, 15) is 4.79 Å². The molecule has 0 fully saturated rings. The van der Waals surface area contributed by atoms with Crippen LogP contribution in [0.3, 0.4) is 0 Å². The van der Waals surface area contributed by atoms with Crippen molar-refractivity contribution in [3.05, 3.63) is 39.8 Å². The van der Waals surface area contributed by atoms with E-state index in [4.69, 9.17) is 0 Å². The maximum atomic E-state index is 12.4. The fourth-order valence-corrected chi connectivity index (χ4v) is 3.47. The standard InChI is InChI=1S/C13H14N2OS/c1-15-7-5-11(14-15)13(16)10-3-2-4-12-9(10)6-8-17-12/h5-8,10H,2-4H2,1H3. The van der Waals surface area contributed by atoms with Gasteiger partial charge in [-0.05, 0) is 42.3 Å². The third-order valence-electron chi connectivity index (χ3n) is 3.33. The van der Waals surface area contributed by atoms with E-state index in [1.54, 1.807) is 16.0 Å². The SMILES string of the molecule is Cn1ccc(C(=O)C2CCCc3sccc32)n1. The number of thiophene rings is 1. The first-order chi connectivity index (χ1) is 8.25. The van der Waals surface area contributed by atoms with Crippen LogP contribution >= 0.6 is 11.3 Å². The molecule has 0 amide bonds. The molecule has 1 unspecified atom stereocenters. The van der Waals surface area contributed by atoms with E-state index in [0.717, 1.165) is 19.3 Å². The van der Waals surface area contributed by atoms with Gasteiger partial charge in [0.25, 0.3) is 0 Å². The number of rotatable bonds is 2. The molecule has 1 aliphatic rings. The van der Waals surface area contributed by atoms with Crippen molar-refractivity contribution >= 4 is 17.1 Å². The molecule has 2 heterocycles. The van der Waals surface area contributed by atoms with E-state index in [2.05, 4.69) is 16.5 Å². The Morgan fingerprint density at radius 1 is 1.53 bits per heavy atom. The van der Waals surface area contributed by atoms with Crippen molar-refractivity contribution in [1.29, 1.82) is 0 Å². The number of nitrogens with zero attached hydrogens (tertiary/aromatic N) is 2. The Morgan fingerprint density at radius 2 is 2.41 bits per heavy atom. The summed E-state index contributed by atoms with van der Waals surface area (Å²) in [7, 11) is 1.84. The van der Waals surface area contributed by atoms with E-state index >= 15 is 0 Å². The van der Waals surface area contributed by atoms with Gasteiger partial charge in [-0.2, -0.15) is 5.10 Å². The Morgan fingerprint density at radius 3 is 3.18 bits per heavy atom. The molecule has 3 nitrogen and oxygen atoms in total. The van der Waals surface area contributed by atoms with Crippen LogP contribution in [0.1, 0.15) is 39.7 Å². The van der Waals surface area contributed by atoms with Gasteiger partial charge in [-0.1, -0.05) is 0 Å². The molecule has 0 saturated heterocycles.